The first-order chi connectivity index (χ1) is 12.2. The molecule has 0 aliphatic carbocycles. The number of carbonyl (C=O) groups excluding carboxylic acids is 1. The Morgan fingerprint density at radius 2 is 2.08 bits per heavy atom. The zero-order chi connectivity index (χ0) is 17.6. The van der Waals surface area contributed by atoms with Gasteiger partial charge in [0.05, 0.1) is 18.8 Å². The van der Waals surface area contributed by atoms with E-state index in [1.807, 2.05) is 31.2 Å². The van der Waals surface area contributed by atoms with E-state index < -0.39 is 0 Å². The summed E-state index contributed by atoms with van der Waals surface area (Å²) in [6.07, 6.45) is 2.28. The molecule has 25 heavy (non-hydrogen) atoms. The number of aryl methyl sites for hydroxylation is 1. The Hall–Kier alpha value is -2.44. The highest BCUT2D eigenvalue weighted by Crippen LogP contribution is 2.20. The molecule has 0 spiro atoms. The second-order valence-electron chi connectivity index (χ2n) is 6.12. The number of rotatable bonds is 5. The van der Waals surface area contributed by atoms with E-state index in [-0.39, 0.29) is 12.6 Å². The summed E-state index contributed by atoms with van der Waals surface area (Å²) >= 11 is 0. The molecule has 0 atom stereocenters. The number of anilines is 1. The zero-order valence-corrected chi connectivity index (χ0v) is 14.4. The van der Waals surface area contributed by atoms with E-state index in [1.54, 1.807) is 11.1 Å². The molecule has 1 aliphatic heterocycles. The fourth-order valence-corrected chi connectivity index (χ4v) is 2.93. The smallest absolute Gasteiger partial charge is 0.255 e. The lowest BCUT2D eigenvalue weighted by Gasteiger charge is -2.26. The van der Waals surface area contributed by atoms with E-state index in [2.05, 4.69) is 16.4 Å². The van der Waals surface area contributed by atoms with Crippen molar-refractivity contribution in [3.05, 3.63) is 58.9 Å². The second-order valence-corrected chi connectivity index (χ2v) is 6.12. The molecule has 1 amide bonds. The maximum atomic E-state index is 12.4. The van der Waals surface area contributed by atoms with Crippen LogP contribution >= 0.6 is 0 Å². The minimum Gasteiger partial charge on any atom is -0.378 e. The van der Waals surface area contributed by atoms with Gasteiger partial charge < -0.3 is 20.1 Å². The van der Waals surface area contributed by atoms with Gasteiger partial charge in [-0.25, -0.2) is 0 Å². The van der Waals surface area contributed by atoms with Gasteiger partial charge in [0.15, 0.2) is 0 Å². The molecule has 6 heteroatoms. The minimum atomic E-state index is -0.115. The number of amides is 1. The van der Waals surface area contributed by atoms with Crippen molar-refractivity contribution in [2.24, 2.45) is 0 Å². The summed E-state index contributed by atoms with van der Waals surface area (Å²) in [7, 11) is 0. The number of pyridine rings is 1. The van der Waals surface area contributed by atoms with Crippen LogP contribution in [0.2, 0.25) is 0 Å². The molecular weight excluding hydrogens is 318 g/mol. The summed E-state index contributed by atoms with van der Waals surface area (Å²) in [4.78, 5) is 18.7. The molecule has 1 aliphatic rings. The number of morpholine rings is 1. The van der Waals surface area contributed by atoms with Gasteiger partial charge in [-0.05, 0) is 30.7 Å². The number of nitrogens with zero attached hydrogens (tertiary/aromatic N) is 2. The normalized spacial score (nSPS) is 14.4. The Kier molecular flexibility index (Phi) is 5.63. The van der Waals surface area contributed by atoms with E-state index in [9.17, 15) is 4.79 Å². The molecule has 0 unspecified atom stereocenters. The predicted molar refractivity (Wildman–Crippen MR) is 95.7 cm³/mol. The Balaban J connectivity index is 1.72. The molecule has 6 nitrogen and oxygen atoms in total. The third-order valence-corrected chi connectivity index (χ3v) is 4.27. The van der Waals surface area contributed by atoms with Crippen molar-refractivity contribution in [1.82, 2.24) is 9.88 Å². The van der Waals surface area contributed by atoms with Gasteiger partial charge >= 0.3 is 0 Å². The topological polar surface area (TPSA) is 74.7 Å². The Labute approximate surface area is 147 Å². The monoisotopic (exact) mass is 341 g/mol. The Bertz CT molecular complexity index is 725. The van der Waals surface area contributed by atoms with Crippen molar-refractivity contribution in [3.8, 4) is 0 Å². The first-order valence-corrected chi connectivity index (χ1v) is 8.43. The number of carbonyl (C=O) groups is 1. The number of aliphatic hydroxyl groups is 1. The standard InChI is InChI=1S/C19H23N3O3/c1-14-2-5-18(21-13-23)16(10-14)11-17-4-3-15(12-20-17)19(24)22-6-8-25-9-7-22/h2-5,10,12,21,23H,6-9,11,13H2,1H3. The van der Waals surface area contributed by atoms with Crippen LogP contribution in [0.5, 0.6) is 0 Å². The zero-order valence-electron chi connectivity index (χ0n) is 14.4. The van der Waals surface area contributed by atoms with Gasteiger partial charge in [-0.1, -0.05) is 17.7 Å². The lowest BCUT2D eigenvalue weighted by Crippen LogP contribution is -2.40. The molecule has 0 bridgehead atoms. The third kappa shape index (κ3) is 4.35. The number of hydrogen-bond acceptors (Lipinski definition) is 5. The third-order valence-electron chi connectivity index (χ3n) is 4.27. The molecule has 1 aromatic carbocycles. The molecule has 2 aromatic rings. The van der Waals surface area contributed by atoms with E-state index in [4.69, 9.17) is 9.84 Å². The van der Waals surface area contributed by atoms with Gasteiger partial charge in [0.1, 0.15) is 6.73 Å². The summed E-state index contributed by atoms with van der Waals surface area (Å²) in [5.41, 5.74) is 4.59. The number of hydrogen-bond donors (Lipinski definition) is 2. The predicted octanol–water partition coefficient (Wildman–Crippen LogP) is 1.81. The summed E-state index contributed by atoms with van der Waals surface area (Å²) < 4.78 is 5.28. The van der Waals surface area contributed by atoms with E-state index >= 15 is 0 Å². The summed E-state index contributed by atoms with van der Waals surface area (Å²) in [6.45, 7) is 4.34. The highest BCUT2D eigenvalue weighted by Gasteiger charge is 2.18. The Morgan fingerprint density at radius 3 is 2.76 bits per heavy atom. The molecule has 2 N–H and O–H groups in total. The summed E-state index contributed by atoms with van der Waals surface area (Å²) in [5.74, 6) is 0.000502. The molecule has 132 valence electrons. The van der Waals surface area contributed by atoms with Gasteiger partial charge in [-0.2, -0.15) is 0 Å². The van der Waals surface area contributed by atoms with Crippen LogP contribution in [0.4, 0.5) is 5.69 Å². The molecule has 1 saturated heterocycles. The van der Waals surface area contributed by atoms with Crippen LogP contribution in [0.25, 0.3) is 0 Å². The number of ether oxygens (including phenoxy) is 1. The molecular formula is C19H23N3O3. The molecule has 1 aromatic heterocycles. The SMILES string of the molecule is Cc1ccc(NCO)c(Cc2ccc(C(=O)N3CCOCC3)cn2)c1. The number of aromatic nitrogens is 1. The van der Waals surface area contributed by atoms with Crippen LogP contribution < -0.4 is 5.32 Å². The number of benzene rings is 1. The van der Waals surface area contributed by atoms with Crippen molar-refractivity contribution in [2.75, 3.05) is 38.4 Å². The lowest BCUT2D eigenvalue weighted by molar-refractivity contribution is 0.0302. The van der Waals surface area contributed by atoms with Crippen molar-refractivity contribution in [3.63, 3.8) is 0 Å². The average molecular weight is 341 g/mol. The van der Waals surface area contributed by atoms with Crippen LogP contribution in [0.15, 0.2) is 36.5 Å². The van der Waals surface area contributed by atoms with Crippen LogP contribution in [-0.4, -0.2) is 53.9 Å². The number of aliphatic hydroxyl groups excluding tert-OH is 1. The van der Waals surface area contributed by atoms with Gasteiger partial charge in [0.25, 0.3) is 5.91 Å². The first kappa shape index (κ1) is 17.4. The fourth-order valence-electron chi connectivity index (χ4n) is 2.93. The average Bonchev–Trinajstić information content (AvgIpc) is 2.65. The maximum absolute atomic E-state index is 12.4. The van der Waals surface area contributed by atoms with E-state index in [0.29, 0.717) is 38.3 Å². The van der Waals surface area contributed by atoms with E-state index in [1.165, 1.54) is 0 Å². The molecule has 0 saturated carbocycles. The molecule has 2 heterocycles. The van der Waals surface area contributed by atoms with Crippen molar-refractivity contribution >= 4 is 11.6 Å². The quantitative estimate of drug-likeness (QED) is 0.812. The maximum Gasteiger partial charge on any atom is 0.255 e. The highest BCUT2D eigenvalue weighted by atomic mass is 16.5. The van der Waals surface area contributed by atoms with Crippen molar-refractivity contribution in [1.29, 1.82) is 0 Å². The lowest BCUT2D eigenvalue weighted by atomic mass is 10.0. The Morgan fingerprint density at radius 1 is 1.28 bits per heavy atom. The largest absolute Gasteiger partial charge is 0.378 e. The van der Waals surface area contributed by atoms with Crippen molar-refractivity contribution in [2.45, 2.75) is 13.3 Å². The van der Waals surface area contributed by atoms with Crippen LogP contribution in [0.1, 0.15) is 27.2 Å². The first-order valence-electron chi connectivity index (χ1n) is 8.43. The van der Waals surface area contributed by atoms with Gasteiger partial charge in [-0.3, -0.25) is 9.78 Å². The van der Waals surface area contributed by atoms with Crippen LogP contribution in [-0.2, 0) is 11.2 Å². The van der Waals surface area contributed by atoms with Crippen LogP contribution in [0.3, 0.4) is 0 Å². The second kappa shape index (κ2) is 8.09. The summed E-state index contributed by atoms with van der Waals surface area (Å²) in [5, 5.41) is 12.1. The highest BCUT2D eigenvalue weighted by molar-refractivity contribution is 5.94. The van der Waals surface area contributed by atoms with Gasteiger partial charge in [-0.15, -0.1) is 0 Å². The molecule has 3 rings (SSSR count). The van der Waals surface area contributed by atoms with E-state index in [0.717, 1.165) is 22.5 Å². The number of nitrogens with one attached hydrogen (secondary N) is 1. The van der Waals surface area contributed by atoms with Gasteiger partial charge in [0, 0.05) is 37.1 Å². The molecule has 1 fully saturated rings. The fraction of sp³-hybridized carbons (Fsp3) is 0.368. The minimum absolute atomic E-state index is 0.000502. The van der Waals surface area contributed by atoms with Gasteiger partial charge in [0.2, 0.25) is 0 Å². The summed E-state index contributed by atoms with van der Waals surface area (Å²) in [6, 6.07) is 9.75. The van der Waals surface area contributed by atoms with Crippen molar-refractivity contribution < 1.29 is 14.6 Å². The van der Waals surface area contributed by atoms with Crippen LogP contribution in [0, 0.1) is 6.92 Å². The molecule has 0 radical (unpaired) electrons.